The number of hydrogen-bond donors (Lipinski definition) is 1. The van der Waals surface area contributed by atoms with E-state index in [2.05, 4.69) is 29.6 Å². The standard InChI is InChI=1S/C15H21N3O/c1-3-7-18-12-14(11-17-18)10-16-9-13-5-4-6-15(8-13)19-2/h4-6,8,11-12,16H,3,7,9-10H2,1-2H3. The first-order chi connectivity index (χ1) is 9.31. The maximum atomic E-state index is 5.21. The van der Waals surface area contributed by atoms with Crippen LogP contribution in [0.5, 0.6) is 5.75 Å². The second kappa shape index (κ2) is 6.95. The molecule has 0 unspecified atom stereocenters. The van der Waals surface area contributed by atoms with Crippen LogP contribution in [-0.4, -0.2) is 16.9 Å². The van der Waals surface area contributed by atoms with E-state index in [1.807, 2.05) is 29.1 Å². The molecule has 0 bridgehead atoms. The highest BCUT2D eigenvalue weighted by Gasteiger charge is 1.99. The Bertz CT molecular complexity index is 508. The first kappa shape index (κ1) is 13.6. The molecule has 0 aliphatic heterocycles. The quantitative estimate of drug-likeness (QED) is 0.830. The van der Waals surface area contributed by atoms with Crippen molar-refractivity contribution in [2.75, 3.05) is 7.11 Å². The maximum absolute atomic E-state index is 5.21. The summed E-state index contributed by atoms with van der Waals surface area (Å²) >= 11 is 0. The molecule has 0 fully saturated rings. The molecule has 1 aromatic heterocycles. The number of aryl methyl sites for hydroxylation is 1. The predicted octanol–water partition coefficient (Wildman–Crippen LogP) is 2.59. The van der Waals surface area contributed by atoms with Gasteiger partial charge >= 0.3 is 0 Å². The zero-order valence-corrected chi connectivity index (χ0v) is 11.6. The summed E-state index contributed by atoms with van der Waals surface area (Å²) in [6.07, 6.45) is 5.13. The van der Waals surface area contributed by atoms with Crippen molar-refractivity contribution in [1.29, 1.82) is 0 Å². The van der Waals surface area contributed by atoms with Crippen LogP contribution in [0.2, 0.25) is 0 Å². The van der Waals surface area contributed by atoms with Gasteiger partial charge in [0.05, 0.1) is 13.3 Å². The van der Waals surface area contributed by atoms with Gasteiger partial charge in [0, 0.05) is 31.4 Å². The van der Waals surface area contributed by atoms with Crippen molar-refractivity contribution >= 4 is 0 Å². The molecule has 0 aliphatic rings. The van der Waals surface area contributed by atoms with Gasteiger partial charge in [0.25, 0.3) is 0 Å². The van der Waals surface area contributed by atoms with E-state index >= 15 is 0 Å². The number of nitrogens with one attached hydrogen (secondary N) is 1. The predicted molar refractivity (Wildman–Crippen MR) is 76.1 cm³/mol. The molecule has 4 heteroatoms. The van der Waals surface area contributed by atoms with Gasteiger partial charge in [0.15, 0.2) is 0 Å². The van der Waals surface area contributed by atoms with Gasteiger partial charge in [-0.3, -0.25) is 4.68 Å². The summed E-state index contributed by atoms with van der Waals surface area (Å²) in [5.41, 5.74) is 2.44. The Labute approximate surface area is 114 Å². The normalized spacial score (nSPS) is 10.6. The summed E-state index contributed by atoms with van der Waals surface area (Å²) in [7, 11) is 1.69. The Morgan fingerprint density at radius 2 is 2.11 bits per heavy atom. The van der Waals surface area contributed by atoms with Crippen LogP contribution >= 0.6 is 0 Å². The van der Waals surface area contributed by atoms with E-state index in [-0.39, 0.29) is 0 Å². The molecular weight excluding hydrogens is 238 g/mol. The highest BCUT2D eigenvalue weighted by atomic mass is 16.5. The first-order valence-corrected chi connectivity index (χ1v) is 6.67. The minimum Gasteiger partial charge on any atom is -0.497 e. The molecule has 0 atom stereocenters. The number of nitrogens with zero attached hydrogens (tertiary/aromatic N) is 2. The summed E-state index contributed by atoms with van der Waals surface area (Å²) in [6, 6.07) is 8.11. The molecule has 0 amide bonds. The molecule has 1 aromatic carbocycles. The number of benzene rings is 1. The molecule has 4 nitrogen and oxygen atoms in total. The smallest absolute Gasteiger partial charge is 0.119 e. The molecule has 2 aromatic rings. The number of hydrogen-bond acceptors (Lipinski definition) is 3. The Balaban J connectivity index is 1.81. The van der Waals surface area contributed by atoms with Crippen LogP contribution in [0.4, 0.5) is 0 Å². The SMILES string of the molecule is CCCn1cc(CNCc2cccc(OC)c2)cn1. The van der Waals surface area contributed by atoms with Crippen molar-refractivity contribution in [3.05, 3.63) is 47.8 Å². The molecule has 1 N–H and O–H groups in total. The Kier molecular flexibility index (Phi) is 4.98. The lowest BCUT2D eigenvalue weighted by molar-refractivity contribution is 0.414. The van der Waals surface area contributed by atoms with E-state index in [1.165, 1.54) is 11.1 Å². The molecule has 0 aliphatic carbocycles. The van der Waals surface area contributed by atoms with Gasteiger partial charge in [0.1, 0.15) is 5.75 Å². The van der Waals surface area contributed by atoms with E-state index in [9.17, 15) is 0 Å². The average Bonchev–Trinajstić information content (AvgIpc) is 2.87. The Hall–Kier alpha value is -1.81. The third kappa shape index (κ3) is 4.10. The van der Waals surface area contributed by atoms with Crippen molar-refractivity contribution in [3.8, 4) is 5.75 Å². The highest BCUT2D eigenvalue weighted by molar-refractivity contribution is 5.28. The van der Waals surface area contributed by atoms with Crippen LogP contribution in [0.1, 0.15) is 24.5 Å². The summed E-state index contributed by atoms with van der Waals surface area (Å²) in [6.45, 7) is 4.80. The van der Waals surface area contributed by atoms with E-state index in [0.29, 0.717) is 0 Å². The lowest BCUT2D eigenvalue weighted by Crippen LogP contribution is -2.12. The monoisotopic (exact) mass is 259 g/mol. The molecule has 19 heavy (non-hydrogen) atoms. The van der Waals surface area contributed by atoms with Crippen LogP contribution < -0.4 is 10.1 Å². The fourth-order valence-corrected chi connectivity index (χ4v) is 1.98. The van der Waals surface area contributed by atoms with Gasteiger partial charge < -0.3 is 10.1 Å². The molecule has 102 valence electrons. The summed E-state index contributed by atoms with van der Waals surface area (Å²) in [4.78, 5) is 0. The minimum atomic E-state index is 0.830. The molecule has 0 radical (unpaired) electrons. The number of aromatic nitrogens is 2. The van der Waals surface area contributed by atoms with Crippen molar-refractivity contribution < 1.29 is 4.74 Å². The van der Waals surface area contributed by atoms with Gasteiger partial charge in [-0.15, -0.1) is 0 Å². The lowest BCUT2D eigenvalue weighted by Gasteiger charge is -2.05. The minimum absolute atomic E-state index is 0.830. The topological polar surface area (TPSA) is 39.1 Å². The zero-order valence-electron chi connectivity index (χ0n) is 11.6. The fourth-order valence-electron chi connectivity index (χ4n) is 1.98. The van der Waals surface area contributed by atoms with Gasteiger partial charge in [-0.25, -0.2) is 0 Å². The van der Waals surface area contributed by atoms with Crippen LogP contribution in [-0.2, 0) is 19.6 Å². The number of methoxy groups -OCH3 is 1. The fraction of sp³-hybridized carbons (Fsp3) is 0.400. The largest absolute Gasteiger partial charge is 0.497 e. The number of ether oxygens (including phenoxy) is 1. The third-order valence-corrected chi connectivity index (χ3v) is 2.93. The molecule has 0 spiro atoms. The third-order valence-electron chi connectivity index (χ3n) is 2.93. The maximum Gasteiger partial charge on any atom is 0.119 e. The van der Waals surface area contributed by atoms with Gasteiger partial charge in [0.2, 0.25) is 0 Å². The van der Waals surface area contributed by atoms with Crippen LogP contribution in [0.15, 0.2) is 36.7 Å². The second-order valence-electron chi connectivity index (χ2n) is 4.57. The van der Waals surface area contributed by atoms with Crippen molar-refractivity contribution in [3.63, 3.8) is 0 Å². The first-order valence-electron chi connectivity index (χ1n) is 6.67. The van der Waals surface area contributed by atoms with Gasteiger partial charge in [-0.1, -0.05) is 19.1 Å². The van der Waals surface area contributed by atoms with Gasteiger partial charge in [-0.2, -0.15) is 5.10 Å². The number of rotatable bonds is 7. The Morgan fingerprint density at radius 3 is 2.89 bits per heavy atom. The van der Waals surface area contributed by atoms with Crippen LogP contribution in [0.3, 0.4) is 0 Å². The lowest BCUT2D eigenvalue weighted by atomic mass is 10.2. The highest BCUT2D eigenvalue weighted by Crippen LogP contribution is 2.12. The van der Waals surface area contributed by atoms with Crippen molar-refractivity contribution in [1.82, 2.24) is 15.1 Å². The molecule has 2 rings (SSSR count). The van der Waals surface area contributed by atoms with Gasteiger partial charge in [-0.05, 0) is 24.1 Å². The Morgan fingerprint density at radius 1 is 1.26 bits per heavy atom. The van der Waals surface area contributed by atoms with E-state index in [0.717, 1.165) is 31.8 Å². The summed E-state index contributed by atoms with van der Waals surface area (Å²) in [5, 5.41) is 7.73. The van der Waals surface area contributed by atoms with E-state index < -0.39 is 0 Å². The molecule has 0 saturated carbocycles. The van der Waals surface area contributed by atoms with Crippen molar-refractivity contribution in [2.45, 2.75) is 33.0 Å². The van der Waals surface area contributed by atoms with Crippen LogP contribution in [0, 0.1) is 0 Å². The van der Waals surface area contributed by atoms with E-state index in [4.69, 9.17) is 4.74 Å². The molecule has 0 saturated heterocycles. The zero-order chi connectivity index (χ0) is 13.5. The van der Waals surface area contributed by atoms with Crippen LogP contribution in [0.25, 0.3) is 0 Å². The molecular formula is C15H21N3O. The summed E-state index contributed by atoms with van der Waals surface area (Å²) in [5.74, 6) is 0.898. The summed E-state index contributed by atoms with van der Waals surface area (Å²) < 4.78 is 7.20. The second-order valence-corrected chi connectivity index (χ2v) is 4.57. The molecule has 1 heterocycles. The van der Waals surface area contributed by atoms with Crippen molar-refractivity contribution in [2.24, 2.45) is 0 Å². The average molecular weight is 259 g/mol. The van der Waals surface area contributed by atoms with E-state index in [1.54, 1.807) is 7.11 Å².